The maximum absolute atomic E-state index is 12.7. The molecule has 162 valence electrons. The van der Waals surface area contributed by atoms with Crippen LogP contribution in [0, 0.1) is 0 Å². The van der Waals surface area contributed by atoms with Crippen LogP contribution in [0.1, 0.15) is 36.8 Å². The highest BCUT2D eigenvalue weighted by Crippen LogP contribution is 2.26. The lowest BCUT2D eigenvalue weighted by Crippen LogP contribution is -2.39. The van der Waals surface area contributed by atoms with Crippen LogP contribution in [0.3, 0.4) is 0 Å². The molecule has 0 aliphatic rings. The Balaban J connectivity index is 2.48. The molecule has 0 aliphatic heterocycles. The predicted molar refractivity (Wildman–Crippen MR) is 98.8 cm³/mol. The molecule has 1 heterocycles. The summed E-state index contributed by atoms with van der Waals surface area (Å²) in [5.74, 6) is -1.89. The number of halogens is 4. The first-order valence-electron chi connectivity index (χ1n) is 8.42. The fraction of sp³-hybridized carbons (Fsp3) is 0.333. The summed E-state index contributed by atoms with van der Waals surface area (Å²) in [6.07, 6.45) is -4.93. The van der Waals surface area contributed by atoms with Gasteiger partial charge >= 0.3 is 23.8 Å². The van der Waals surface area contributed by atoms with Gasteiger partial charge in [0.05, 0.1) is 22.9 Å². The summed E-state index contributed by atoms with van der Waals surface area (Å²) in [4.78, 5) is 50.1. The highest BCUT2D eigenvalue weighted by Gasteiger charge is 2.35. The minimum absolute atomic E-state index is 0.0513. The van der Waals surface area contributed by atoms with Crippen LogP contribution in [-0.4, -0.2) is 33.7 Å². The number of hydrogen-bond acceptors (Lipinski definition) is 6. The fourth-order valence-electron chi connectivity index (χ4n) is 2.33. The third-order valence-corrected chi connectivity index (χ3v) is 4.11. The van der Waals surface area contributed by atoms with Gasteiger partial charge in [-0.05, 0) is 39.0 Å². The molecule has 0 spiro atoms. The number of carbonyl (C=O) groups is 2. The minimum atomic E-state index is -4.93. The van der Waals surface area contributed by atoms with Crippen LogP contribution in [0.4, 0.5) is 13.2 Å². The van der Waals surface area contributed by atoms with Crippen LogP contribution in [0.5, 0.6) is 0 Å². The van der Waals surface area contributed by atoms with Crippen LogP contribution in [0.2, 0.25) is 5.02 Å². The number of esters is 2. The number of alkyl halides is 3. The van der Waals surface area contributed by atoms with Crippen molar-refractivity contribution in [2.24, 2.45) is 0 Å². The highest BCUT2D eigenvalue weighted by atomic mass is 35.5. The van der Waals surface area contributed by atoms with Gasteiger partial charge in [0, 0.05) is 6.07 Å². The van der Waals surface area contributed by atoms with E-state index in [1.807, 2.05) is 0 Å². The first-order chi connectivity index (χ1) is 13.8. The van der Waals surface area contributed by atoms with E-state index >= 15 is 0 Å². The molecule has 1 aromatic carbocycles. The van der Waals surface area contributed by atoms with Gasteiger partial charge < -0.3 is 14.5 Å². The maximum Gasteiger partial charge on any atom is 0.431 e. The number of aromatic amines is 1. The SMILES string of the molecule is CCOC(=O)C(C)(C)OC(=O)c1cc(-n2c(=O)cc(C(F)(F)F)[nH]c2=O)ccc1Cl. The minimum Gasteiger partial charge on any atom is -0.463 e. The summed E-state index contributed by atoms with van der Waals surface area (Å²) in [5.41, 5.74) is -6.39. The molecule has 0 aliphatic carbocycles. The number of nitrogens with one attached hydrogen (secondary N) is 1. The monoisotopic (exact) mass is 448 g/mol. The second-order valence-corrected chi connectivity index (χ2v) is 6.85. The topological polar surface area (TPSA) is 107 Å². The summed E-state index contributed by atoms with van der Waals surface area (Å²) < 4.78 is 48.6. The Kier molecular flexibility index (Phi) is 6.45. The summed E-state index contributed by atoms with van der Waals surface area (Å²) >= 11 is 5.97. The Bertz CT molecular complexity index is 1070. The third-order valence-electron chi connectivity index (χ3n) is 3.78. The lowest BCUT2D eigenvalue weighted by atomic mass is 10.1. The molecule has 0 amide bonds. The number of nitrogens with zero attached hydrogens (tertiary/aromatic N) is 1. The second-order valence-electron chi connectivity index (χ2n) is 6.44. The number of aromatic nitrogens is 2. The Labute approximate surface area is 172 Å². The molecule has 0 fully saturated rings. The molecule has 2 rings (SSSR count). The van der Waals surface area contributed by atoms with Crippen LogP contribution in [-0.2, 0) is 20.4 Å². The van der Waals surface area contributed by atoms with E-state index in [1.54, 1.807) is 11.9 Å². The molecule has 0 bridgehead atoms. The molecule has 0 radical (unpaired) electrons. The zero-order valence-corrected chi connectivity index (χ0v) is 16.7. The van der Waals surface area contributed by atoms with Crippen molar-refractivity contribution in [3.8, 4) is 5.69 Å². The van der Waals surface area contributed by atoms with Crippen molar-refractivity contribution in [3.63, 3.8) is 0 Å². The normalized spacial score (nSPS) is 11.8. The van der Waals surface area contributed by atoms with Crippen molar-refractivity contribution in [3.05, 3.63) is 61.4 Å². The Morgan fingerprint density at radius 1 is 1.17 bits per heavy atom. The molecule has 0 saturated carbocycles. The van der Waals surface area contributed by atoms with Gasteiger partial charge in [0.1, 0.15) is 5.69 Å². The summed E-state index contributed by atoms with van der Waals surface area (Å²) in [5, 5.41) is -0.139. The van der Waals surface area contributed by atoms with E-state index < -0.39 is 40.7 Å². The van der Waals surface area contributed by atoms with Gasteiger partial charge in [-0.15, -0.1) is 0 Å². The Hall–Kier alpha value is -3.08. The summed E-state index contributed by atoms with van der Waals surface area (Å²) in [6, 6.07) is 3.49. The number of ether oxygens (including phenoxy) is 2. The van der Waals surface area contributed by atoms with Crippen LogP contribution < -0.4 is 11.2 Å². The smallest absolute Gasteiger partial charge is 0.431 e. The van der Waals surface area contributed by atoms with E-state index in [4.69, 9.17) is 21.1 Å². The van der Waals surface area contributed by atoms with E-state index in [2.05, 4.69) is 0 Å². The number of benzene rings is 1. The van der Waals surface area contributed by atoms with Gasteiger partial charge in [-0.25, -0.2) is 19.0 Å². The molecule has 1 aromatic heterocycles. The van der Waals surface area contributed by atoms with Gasteiger partial charge in [-0.1, -0.05) is 11.6 Å². The van der Waals surface area contributed by atoms with Crippen molar-refractivity contribution < 1.29 is 32.2 Å². The van der Waals surface area contributed by atoms with E-state index in [1.165, 1.54) is 13.8 Å². The Morgan fingerprint density at radius 2 is 1.80 bits per heavy atom. The third kappa shape index (κ3) is 4.90. The van der Waals surface area contributed by atoms with E-state index in [0.29, 0.717) is 4.57 Å². The zero-order chi connectivity index (χ0) is 22.9. The number of H-pyrrole nitrogens is 1. The fourth-order valence-corrected chi connectivity index (χ4v) is 2.53. The van der Waals surface area contributed by atoms with Crippen molar-refractivity contribution in [2.75, 3.05) is 6.61 Å². The lowest BCUT2D eigenvalue weighted by Gasteiger charge is -2.23. The van der Waals surface area contributed by atoms with Crippen LogP contribution in [0.15, 0.2) is 33.9 Å². The summed E-state index contributed by atoms with van der Waals surface area (Å²) in [7, 11) is 0. The lowest BCUT2D eigenvalue weighted by molar-refractivity contribution is -0.162. The van der Waals surface area contributed by atoms with Gasteiger partial charge in [0.15, 0.2) is 0 Å². The molecular formula is C18H16ClF3N2O6. The average Bonchev–Trinajstić information content (AvgIpc) is 2.61. The van der Waals surface area contributed by atoms with E-state index in [0.717, 1.165) is 18.2 Å². The molecule has 0 saturated heterocycles. The Morgan fingerprint density at radius 3 is 2.33 bits per heavy atom. The molecule has 8 nitrogen and oxygen atoms in total. The van der Waals surface area contributed by atoms with E-state index in [9.17, 15) is 32.3 Å². The molecule has 2 aromatic rings. The average molecular weight is 449 g/mol. The quantitative estimate of drug-likeness (QED) is 0.705. The first kappa shape index (κ1) is 23.2. The van der Waals surface area contributed by atoms with Crippen molar-refractivity contribution in [1.29, 1.82) is 0 Å². The molecule has 30 heavy (non-hydrogen) atoms. The standard InChI is InChI=1S/C18H16ClF3N2O6/c1-4-29-15(27)17(2,3)30-14(26)10-7-9(5-6-11(10)19)24-13(25)8-12(18(20,21)22)23-16(24)28/h5-8H,4H2,1-3H3,(H,23,28). The van der Waals surface area contributed by atoms with Gasteiger partial charge in [-0.2, -0.15) is 13.2 Å². The molecular weight excluding hydrogens is 433 g/mol. The maximum atomic E-state index is 12.7. The highest BCUT2D eigenvalue weighted by molar-refractivity contribution is 6.33. The van der Waals surface area contributed by atoms with Crippen LogP contribution >= 0.6 is 11.6 Å². The van der Waals surface area contributed by atoms with Crippen molar-refractivity contribution in [2.45, 2.75) is 32.5 Å². The molecule has 1 N–H and O–H groups in total. The number of rotatable bonds is 5. The van der Waals surface area contributed by atoms with Gasteiger partial charge in [-0.3, -0.25) is 4.79 Å². The van der Waals surface area contributed by atoms with Crippen LogP contribution in [0.25, 0.3) is 5.69 Å². The number of hydrogen-bond donors (Lipinski definition) is 1. The second kappa shape index (κ2) is 8.34. The first-order valence-corrected chi connectivity index (χ1v) is 8.79. The molecule has 12 heteroatoms. The largest absolute Gasteiger partial charge is 0.463 e. The van der Waals surface area contributed by atoms with E-state index in [-0.39, 0.29) is 28.9 Å². The molecule has 0 atom stereocenters. The van der Waals surface area contributed by atoms with Crippen molar-refractivity contribution in [1.82, 2.24) is 9.55 Å². The van der Waals surface area contributed by atoms with Gasteiger partial charge in [0.2, 0.25) is 5.60 Å². The predicted octanol–water partition coefficient (Wildman–Crippen LogP) is 2.70. The number of carbonyl (C=O) groups excluding carboxylic acids is 2. The van der Waals surface area contributed by atoms with Crippen molar-refractivity contribution >= 4 is 23.5 Å². The summed E-state index contributed by atoms with van der Waals surface area (Å²) in [6.45, 7) is 4.18. The van der Waals surface area contributed by atoms with Gasteiger partial charge in [0.25, 0.3) is 5.56 Å². The zero-order valence-electron chi connectivity index (χ0n) is 15.9. The molecule has 0 unspecified atom stereocenters.